The van der Waals surface area contributed by atoms with E-state index in [1.807, 2.05) is 36.6 Å². The summed E-state index contributed by atoms with van der Waals surface area (Å²) in [5.74, 6) is 0.690. The maximum atomic E-state index is 10.3. The van der Waals surface area contributed by atoms with Crippen molar-refractivity contribution < 1.29 is 9.84 Å². The van der Waals surface area contributed by atoms with Crippen LogP contribution in [0.15, 0.2) is 34.1 Å². The molecular weight excluding hydrogens is 300 g/mol. The Kier molecular flexibility index (Phi) is 3.86. The van der Waals surface area contributed by atoms with Crippen LogP contribution in [0.4, 0.5) is 0 Å². The van der Waals surface area contributed by atoms with Crippen molar-refractivity contribution in [2.75, 3.05) is 7.11 Å². The number of ether oxygens (including phenoxy) is 1. The molecule has 0 radical (unpaired) electrons. The van der Waals surface area contributed by atoms with E-state index in [1.165, 1.54) is 4.88 Å². The fourth-order valence-electron chi connectivity index (χ4n) is 1.70. The number of hydrogen-bond acceptors (Lipinski definition) is 3. The van der Waals surface area contributed by atoms with Crippen molar-refractivity contribution in [3.05, 3.63) is 50.1 Å². The lowest BCUT2D eigenvalue weighted by atomic mass is 10.0. The second-order valence-electron chi connectivity index (χ2n) is 3.78. The molecule has 1 aromatic carbocycles. The number of aliphatic hydroxyl groups excluding tert-OH is 1. The van der Waals surface area contributed by atoms with E-state index < -0.39 is 6.10 Å². The molecule has 1 atom stereocenters. The van der Waals surface area contributed by atoms with Crippen molar-refractivity contribution in [2.24, 2.45) is 0 Å². The van der Waals surface area contributed by atoms with Crippen molar-refractivity contribution in [3.8, 4) is 5.75 Å². The normalized spacial score (nSPS) is 12.5. The molecule has 0 bridgehead atoms. The number of thiophene rings is 1. The minimum atomic E-state index is -0.636. The lowest BCUT2D eigenvalue weighted by Crippen LogP contribution is -2.01. The van der Waals surface area contributed by atoms with Gasteiger partial charge in [-0.2, -0.15) is 0 Å². The number of aryl methyl sites for hydroxylation is 1. The molecule has 90 valence electrons. The van der Waals surface area contributed by atoms with Crippen molar-refractivity contribution >= 4 is 27.3 Å². The minimum absolute atomic E-state index is 0.636. The van der Waals surface area contributed by atoms with E-state index in [0.717, 1.165) is 15.6 Å². The largest absolute Gasteiger partial charge is 0.496 e. The Labute approximate surface area is 113 Å². The molecule has 0 saturated heterocycles. The molecule has 0 aliphatic heterocycles. The first-order valence-electron chi connectivity index (χ1n) is 5.18. The van der Waals surface area contributed by atoms with Gasteiger partial charge in [0.05, 0.1) is 7.11 Å². The highest BCUT2D eigenvalue weighted by Crippen LogP contribution is 2.33. The van der Waals surface area contributed by atoms with Gasteiger partial charge in [0.25, 0.3) is 0 Å². The van der Waals surface area contributed by atoms with Crippen LogP contribution in [-0.2, 0) is 0 Å². The maximum absolute atomic E-state index is 10.3. The minimum Gasteiger partial charge on any atom is -0.496 e. The quantitative estimate of drug-likeness (QED) is 0.931. The average molecular weight is 313 g/mol. The van der Waals surface area contributed by atoms with E-state index in [1.54, 1.807) is 18.4 Å². The van der Waals surface area contributed by atoms with Gasteiger partial charge in [0, 0.05) is 14.9 Å². The lowest BCUT2D eigenvalue weighted by Gasteiger charge is -2.14. The lowest BCUT2D eigenvalue weighted by molar-refractivity contribution is 0.215. The Morgan fingerprint density at radius 1 is 1.35 bits per heavy atom. The van der Waals surface area contributed by atoms with Crippen LogP contribution >= 0.6 is 27.3 Å². The van der Waals surface area contributed by atoms with Crippen LogP contribution in [0, 0.1) is 6.92 Å². The number of methoxy groups -OCH3 is 1. The average Bonchev–Trinajstić information content (AvgIpc) is 2.75. The van der Waals surface area contributed by atoms with Crippen LogP contribution in [0.2, 0.25) is 0 Å². The van der Waals surface area contributed by atoms with Gasteiger partial charge in [-0.3, -0.25) is 0 Å². The summed E-state index contributed by atoms with van der Waals surface area (Å²) in [6, 6.07) is 7.63. The fraction of sp³-hybridized carbons (Fsp3) is 0.231. The molecule has 0 aliphatic rings. The van der Waals surface area contributed by atoms with Crippen molar-refractivity contribution in [2.45, 2.75) is 13.0 Å². The van der Waals surface area contributed by atoms with E-state index in [-0.39, 0.29) is 0 Å². The molecular formula is C13H13BrO2S. The Morgan fingerprint density at radius 3 is 2.71 bits per heavy atom. The molecule has 1 unspecified atom stereocenters. The highest BCUT2D eigenvalue weighted by atomic mass is 79.9. The van der Waals surface area contributed by atoms with Crippen LogP contribution in [0.1, 0.15) is 22.1 Å². The second kappa shape index (κ2) is 5.21. The van der Waals surface area contributed by atoms with Gasteiger partial charge in [0.15, 0.2) is 0 Å². The fourth-order valence-corrected chi connectivity index (χ4v) is 2.76. The van der Waals surface area contributed by atoms with Crippen LogP contribution in [0.25, 0.3) is 0 Å². The smallest absolute Gasteiger partial charge is 0.126 e. The van der Waals surface area contributed by atoms with E-state index in [9.17, 15) is 5.11 Å². The third-order valence-corrected chi connectivity index (χ3v) is 3.93. The van der Waals surface area contributed by atoms with Gasteiger partial charge in [-0.15, -0.1) is 11.3 Å². The summed E-state index contributed by atoms with van der Waals surface area (Å²) in [4.78, 5) is 1.19. The first-order chi connectivity index (χ1) is 8.11. The Bertz CT molecular complexity index is 522. The molecule has 0 amide bonds. The second-order valence-corrected chi connectivity index (χ2v) is 5.81. The Morgan fingerprint density at radius 2 is 2.12 bits per heavy atom. The summed E-state index contributed by atoms with van der Waals surface area (Å²) in [5.41, 5.74) is 1.70. The number of rotatable bonds is 3. The van der Waals surface area contributed by atoms with Gasteiger partial charge in [-0.1, -0.05) is 22.0 Å². The molecule has 0 saturated carbocycles. The van der Waals surface area contributed by atoms with Crippen molar-refractivity contribution in [1.82, 2.24) is 0 Å². The zero-order valence-electron chi connectivity index (χ0n) is 9.61. The Balaban J connectivity index is 2.39. The molecule has 0 aliphatic carbocycles. The van der Waals surface area contributed by atoms with E-state index >= 15 is 0 Å². The Hall–Kier alpha value is -0.840. The number of aliphatic hydroxyl groups is 1. The number of benzene rings is 1. The summed E-state index contributed by atoms with van der Waals surface area (Å²) < 4.78 is 6.23. The molecule has 17 heavy (non-hydrogen) atoms. The van der Waals surface area contributed by atoms with Crippen LogP contribution in [0.5, 0.6) is 5.75 Å². The molecule has 2 rings (SSSR count). The third kappa shape index (κ3) is 2.70. The number of hydrogen-bond donors (Lipinski definition) is 1. The molecule has 2 aromatic rings. The van der Waals surface area contributed by atoms with Crippen LogP contribution < -0.4 is 4.74 Å². The topological polar surface area (TPSA) is 29.5 Å². The van der Waals surface area contributed by atoms with Gasteiger partial charge in [-0.05, 0) is 36.1 Å². The van der Waals surface area contributed by atoms with Crippen molar-refractivity contribution in [1.29, 1.82) is 0 Å². The number of halogens is 1. The highest BCUT2D eigenvalue weighted by molar-refractivity contribution is 9.10. The van der Waals surface area contributed by atoms with E-state index in [2.05, 4.69) is 15.9 Å². The third-order valence-electron chi connectivity index (χ3n) is 2.56. The van der Waals surface area contributed by atoms with Gasteiger partial charge in [0.1, 0.15) is 11.9 Å². The molecule has 0 fully saturated rings. The van der Waals surface area contributed by atoms with Crippen LogP contribution in [-0.4, -0.2) is 12.2 Å². The predicted molar refractivity (Wildman–Crippen MR) is 73.8 cm³/mol. The molecule has 2 nitrogen and oxygen atoms in total. The summed E-state index contributed by atoms with van der Waals surface area (Å²) in [7, 11) is 1.61. The highest BCUT2D eigenvalue weighted by Gasteiger charge is 2.16. The predicted octanol–water partition coefficient (Wildman–Crippen LogP) is 3.91. The van der Waals surface area contributed by atoms with Gasteiger partial charge >= 0.3 is 0 Å². The summed E-state index contributed by atoms with van der Waals surface area (Å²) in [6.07, 6.45) is -0.636. The molecule has 4 heteroatoms. The molecule has 0 spiro atoms. The first-order valence-corrected chi connectivity index (χ1v) is 6.85. The van der Waals surface area contributed by atoms with Gasteiger partial charge in [0.2, 0.25) is 0 Å². The SMILES string of the molecule is COc1cc(Br)ccc1C(O)c1csc(C)c1. The summed E-state index contributed by atoms with van der Waals surface area (Å²) in [6.45, 7) is 2.03. The van der Waals surface area contributed by atoms with Gasteiger partial charge < -0.3 is 9.84 Å². The molecule has 1 heterocycles. The van der Waals surface area contributed by atoms with E-state index in [4.69, 9.17) is 4.74 Å². The zero-order valence-corrected chi connectivity index (χ0v) is 12.0. The standard InChI is InChI=1S/C13H13BrO2S/c1-8-5-9(7-17-8)13(15)11-4-3-10(14)6-12(11)16-2/h3-7,13,15H,1-2H3. The van der Waals surface area contributed by atoms with Crippen LogP contribution in [0.3, 0.4) is 0 Å². The molecule has 1 aromatic heterocycles. The zero-order chi connectivity index (χ0) is 12.4. The van der Waals surface area contributed by atoms with Crippen molar-refractivity contribution in [3.63, 3.8) is 0 Å². The van der Waals surface area contributed by atoms with E-state index in [0.29, 0.717) is 5.75 Å². The summed E-state index contributed by atoms with van der Waals surface area (Å²) >= 11 is 5.02. The molecule has 1 N–H and O–H groups in total. The monoisotopic (exact) mass is 312 g/mol. The van der Waals surface area contributed by atoms with Gasteiger partial charge in [-0.25, -0.2) is 0 Å². The summed E-state index contributed by atoms with van der Waals surface area (Å²) in [5, 5.41) is 12.3. The first kappa shape index (κ1) is 12.6. The maximum Gasteiger partial charge on any atom is 0.126 e.